The van der Waals surface area contributed by atoms with Crippen LogP contribution in [0.1, 0.15) is 21.7 Å². The van der Waals surface area contributed by atoms with Crippen LogP contribution in [0.4, 0.5) is 0 Å². The van der Waals surface area contributed by atoms with Crippen LogP contribution in [-0.4, -0.2) is 28.5 Å². The first-order valence-corrected chi connectivity index (χ1v) is 7.64. The molecule has 3 aromatic rings. The molecule has 2 aromatic carbocycles. The molecule has 26 heavy (non-hydrogen) atoms. The van der Waals surface area contributed by atoms with E-state index in [0.29, 0.717) is 11.8 Å². The van der Waals surface area contributed by atoms with Crippen LogP contribution in [0, 0.1) is 19.9 Å². The number of methoxy groups -OCH3 is 1. The minimum Gasteiger partial charge on any atom is -0.516 e. The maximum absolute atomic E-state index is 10.1. The van der Waals surface area contributed by atoms with Gasteiger partial charge in [-0.1, -0.05) is 12.1 Å². The van der Waals surface area contributed by atoms with Gasteiger partial charge in [-0.3, -0.25) is 9.78 Å². The third-order valence-electron chi connectivity index (χ3n) is 3.39. The second-order valence-corrected chi connectivity index (χ2v) is 5.26. The zero-order valence-electron chi connectivity index (χ0n) is 14.7. The van der Waals surface area contributed by atoms with Crippen LogP contribution in [0.5, 0.6) is 11.5 Å². The number of nitrogens with zero attached hydrogens (tertiary/aromatic N) is 2. The average molecular weight is 528 g/mol. The van der Waals surface area contributed by atoms with Crippen LogP contribution in [0.15, 0.2) is 48.7 Å². The second-order valence-electron chi connectivity index (χ2n) is 5.26. The molecule has 1 heterocycles. The quantitative estimate of drug-likeness (QED) is 0.415. The van der Waals surface area contributed by atoms with Gasteiger partial charge in [0.05, 0.1) is 18.4 Å². The van der Waals surface area contributed by atoms with Gasteiger partial charge in [-0.25, -0.2) is 0 Å². The summed E-state index contributed by atoms with van der Waals surface area (Å²) in [6.07, 6.45) is 2.38. The standard InChI is InChI=1S/C13H13N2O.C7H6O2.Ir/c1-9-8-14-13(10(2)15-9)11-5-4-6-12(7-11)16-3;8-5-6-3-1-2-4-7(6)9;/h4,6-8H,1-3H3;1-5,9H;/q-1;;. The maximum atomic E-state index is 10.1. The predicted molar refractivity (Wildman–Crippen MR) is 95.8 cm³/mol. The van der Waals surface area contributed by atoms with Crippen LogP contribution in [-0.2, 0) is 20.1 Å². The van der Waals surface area contributed by atoms with Gasteiger partial charge in [0.1, 0.15) is 5.75 Å². The van der Waals surface area contributed by atoms with E-state index >= 15 is 0 Å². The van der Waals surface area contributed by atoms with Crippen molar-refractivity contribution in [2.75, 3.05) is 7.11 Å². The van der Waals surface area contributed by atoms with Crippen molar-refractivity contribution in [1.82, 2.24) is 9.97 Å². The number of carbonyl (C=O) groups is 1. The molecule has 1 N–H and O–H groups in total. The number of aromatic hydroxyl groups is 1. The van der Waals surface area contributed by atoms with Crippen molar-refractivity contribution in [2.24, 2.45) is 0 Å². The third-order valence-corrected chi connectivity index (χ3v) is 3.39. The van der Waals surface area contributed by atoms with Crippen LogP contribution in [0.2, 0.25) is 0 Å². The molecule has 0 aliphatic rings. The van der Waals surface area contributed by atoms with E-state index in [9.17, 15) is 4.79 Å². The van der Waals surface area contributed by atoms with Gasteiger partial charge in [0.15, 0.2) is 6.29 Å². The Bertz CT molecular complexity index is 869. The number of aldehydes is 1. The second kappa shape index (κ2) is 10.4. The minimum atomic E-state index is 0. The van der Waals surface area contributed by atoms with Crippen molar-refractivity contribution in [3.63, 3.8) is 0 Å². The number of carbonyl (C=O) groups excluding carboxylic acids is 1. The molecule has 0 fully saturated rings. The molecule has 1 radical (unpaired) electrons. The fourth-order valence-corrected chi connectivity index (χ4v) is 2.16. The Morgan fingerprint density at radius 3 is 2.50 bits per heavy atom. The summed E-state index contributed by atoms with van der Waals surface area (Å²) in [5.74, 6) is 0.836. The zero-order valence-corrected chi connectivity index (χ0v) is 17.1. The first-order chi connectivity index (χ1) is 12.0. The smallest absolute Gasteiger partial charge is 0.153 e. The summed E-state index contributed by atoms with van der Waals surface area (Å²) in [4.78, 5) is 18.8. The number of phenols is 1. The number of aromatic nitrogens is 2. The number of aryl methyl sites for hydroxylation is 2. The fraction of sp³-hybridized carbons (Fsp3) is 0.150. The van der Waals surface area contributed by atoms with Crippen molar-refractivity contribution in [2.45, 2.75) is 13.8 Å². The molecule has 3 rings (SSSR count). The molecule has 0 saturated carbocycles. The Hall–Kier alpha value is -2.56. The van der Waals surface area contributed by atoms with Crippen LogP contribution in [0.25, 0.3) is 11.3 Å². The van der Waals surface area contributed by atoms with E-state index in [1.807, 2.05) is 32.0 Å². The molecule has 0 aliphatic heterocycles. The Labute approximate surface area is 166 Å². The van der Waals surface area contributed by atoms with Gasteiger partial charge < -0.3 is 14.8 Å². The Morgan fingerprint density at radius 2 is 1.92 bits per heavy atom. The fourth-order valence-electron chi connectivity index (χ4n) is 2.16. The summed E-state index contributed by atoms with van der Waals surface area (Å²) in [5.41, 5.74) is 3.92. The summed E-state index contributed by atoms with van der Waals surface area (Å²) >= 11 is 0. The van der Waals surface area contributed by atoms with Crippen molar-refractivity contribution in [3.05, 3.63) is 71.7 Å². The van der Waals surface area contributed by atoms with Crippen LogP contribution < -0.4 is 4.74 Å². The Balaban J connectivity index is 0.000000290. The number of rotatable bonds is 3. The van der Waals surface area contributed by atoms with E-state index in [2.05, 4.69) is 16.0 Å². The van der Waals surface area contributed by atoms with Gasteiger partial charge in [-0.2, -0.15) is 0 Å². The van der Waals surface area contributed by atoms with Crippen molar-refractivity contribution >= 4 is 6.29 Å². The van der Waals surface area contributed by atoms with Gasteiger partial charge in [0.2, 0.25) is 0 Å². The Morgan fingerprint density at radius 1 is 1.19 bits per heavy atom. The summed E-state index contributed by atoms with van der Waals surface area (Å²) in [5, 5.41) is 8.88. The van der Waals surface area contributed by atoms with Gasteiger partial charge in [-0.05, 0) is 26.0 Å². The van der Waals surface area contributed by atoms with E-state index in [4.69, 9.17) is 9.84 Å². The Kier molecular flexibility index (Phi) is 8.62. The first kappa shape index (κ1) is 21.5. The van der Waals surface area contributed by atoms with Crippen molar-refractivity contribution in [1.29, 1.82) is 0 Å². The van der Waals surface area contributed by atoms with E-state index in [-0.39, 0.29) is 25.9 Å². The van der Waals surface area contributed by atoms with Crippen molar-refractivity contribution in [3.8, 4) is 22.8 Å². The predicted octanol–water partition coefficient (Wildman–Crippen LogP) is 3.77. The first-order valence-electron chi connectivity index (χ1n) is 7.64. The molecule has 0 aliphatic carbocycles. The molecule has 0 saturated heterocycles. The van der Waals surface area contributed by atoms with Crippen LogP contribution >= 0.6 is 0 Å². The molecule has 0 unspecified atom stereocenters. The molecule has 0 atom stereocenters. The average Bonchev–Trinajstić information content (AvgIpc) is 2.63. The van der Waals surface area contributed by atoms with E-state index in [1.54, 1.807) is 31.5 Å². The molecule has 5 nitrogen and oxygen atoms in total. The maximum Gasteiger partial charge on any atom is 0.153 e. The SMILES string of the molecule is COc1cc[c-]c(-c2ncc(C)nc2C)c1.O=Cc1ccccc1O.[Ir]. The van der Waals surface area contributed by atoms with Gasteiger partial charge in [0.25, 0.3) is 0 Å². The number of phenolic OH excluding ortho intramolecular Hbond substituents is 1. The summed E-state index contributed by atoms with van der Waals surface area (Å²) < 4.78 is 5.17. The normalized spacial score (nSPS) is 9.35. The third kappa shape index (κ3) is 5.76. The van der Waals surface area contributed by atoms with E-state index < -0.39 is 0 Å². The molecule has 0 amide bonds. The molecule has 0 spiro atoms. The minimum absolute atomic E-state index is 0. The molecule has 1 aromatic heterocycles. The van der Waals surface area contributed by atoms with E-state index in [0.717, 1.165) is 28.4 Å². The number of ether oxygens (including phenoxy) is 1. The van der Waals surface area contributed by atoms with Gasteiger partial charge in [0, 0.05) is 43.4 Å². The number of hydrogen-bond donors (Lipinski definition) is 1. The van der Waals surface area contributed by atoms with Gasteiger partial charge >= 0.3 is 0 Å². The monoisotopic (exact) mass is 528 g/mol. The molecular weight excluding hydrogens is 508 g/mol. The number of benzene rings is 2. The molecule has 137 valence electrons. The molecule has 6 heteroatoms. The largest absolute Gasteiger partial charge is 0.516 e. The summed E-state index contributed by atoms with van der Waals surface area (Å²) in [6.45, 7) is 3.88. The molecule has 0 bridgehead atoms. The topological polar surface area (TPSA) is 72.3 Å². The van der Waals surface area contributed by atoms with Crippen molar-refractivity contribution < 1.29 is 34.7 Å². The number of para-hydroxylation sites is 1. The summed E-state index contributed by atoms with van der Waals surface area (Å²) in [6, 6.07) is 15.1. The zero-order chi connectivity index (χ0) is 18.2. The van der Waals surface area contributed by atoms with E-state index in [1.165, 1.54) is 6.07 Å². The number of hydrogen-bond acceptors (Lipinski definition) is 5. The van der Waals surface area contributed by atoms with Crippen LogP contribution in [0.3, 0.4) is 0 Å². The summed E-state index contributed by atoms with van der Waals surface area (Å²) in [7, 11) is 1.65. The molecular formula is C20H19IrN2O3-. The van der Waals surface area contributed by atoms with Gasteiger partial charge in [-0.15, -0.1) is 29.8 Å².